The molecule has 9 nitrogen and oxygen atoms in total. The average molecular weight is 297 g/mol. The molecule has 1 aromatic heterocycles. The van der Waals surface area contributed by atoms with Gasteiger partial charge < -0.3 is 25.8 Å². The predicted molar refractivity (Wildman–Crippen MR) is 71.2 cm³/mol. The van der Waals surface area contributed by atoms with E-state index in [0.29, 0.717) is 0 Å². The third kappa shape index (κ3) is 3.27. The summed E-state index contributed by atoms with van der Waals surface area (Å²) in [6.45, 7) is -0.374. The number of carboxylic acids is 1. The summed E-state index contributed by atoms with van der Waals surface area (Å²) in [6, 6.07) is 0. The molecule has 21 heavy (non-hydrogen) atoms. The summed E-state index contributed by atoms with van der Waals surface area (Å²) >= 11 is 0. The molecular weight excluding hydrogens is 282 g/mol. The summed E-state index contributed by atoms with van der Waals surface area (Å²) in [5.41, 5.74) is 5.11. The number of carboxylic acid groups (broad SMARTS) is 1. The second-order valence-electron chi connectivity index (χ2n) is 4.56. The number of carbonyl (C=O) groups is 1. The highest BCUT2D eigenvalue weighted by molar-refractivity contribution is 5.86. The first-order valence-electron chi connectivity index (χ1n) is 6.16. The molecule has 114 valence electrons. The van der Waals surface area contributed by atoms with Crippen LogP contribution in [-0.4, -0.2) is 49.7 Å². The molecule has 3 atom stereocenters. The monoisotopic (exact) mass is 297 g/mol. The fourth-order valence-corrected chi connectivity index (χ4v) is 2.04. The second-order valence-corrected chi connectivity index (χ2v) is 4.56. The Balaban J connectivity index is 2.34. The van der Waals surface area contributed by atoms with Crippen LogP contribution in [0.2, 0.25) is 0 Å². The van der Waals surface area contributed by atoms with E-state index in [-0.39, 0.29) is 24.4 Å². The molecule has 9 heteroatoms. The van der Waals surface area contributed by atoms with Crippen LogP contribution >= 0.6 is 0 Å². The van der Waals surface area contributed by atoms with E-state index >= 15 is 0 Å². The Morgan fingerprint density at radius 2 is 2.33 bits per heavy atom. The Kier molecular flexibility index (Phi) is 4.36. The molecule has 0 saturated carbocycles. The van der Waals surface area contributed by atoms with Crippen LogP contribution in [0.3, 0.4) is 0 Å². The van der Waals surface area contributed by atoms with E-state index in [2.05, 4.69) is 4.98 Å². The predicted octanol–water partition coefficient (Wildman–Crippen LogP) is -1.44. The number of nitrogen functional groups attached to an aromatic ring is 1. The molecule has 1 saturated heterocycles. The number of nitrogens with zero attached hydrogens (tertiary/aromatic N) is 2. The van der Waals surface area contributed by atoms with Crippen molar-refractivity contribution in [2.24, 2.45) is 0 Å². The zero-order chi connectivity index (χ0) is 15.6. The summed E-state index contributed by atoms with van der Waals surface area (Å²) in [6.07, 6.45) is 1.01. The van der Waals surface area contributed by atoms with Gasteiger partial charge in [0.1, 0.15) is 18.1 Å². The lowest BCUT2D eigenvalue weighted by Gasteiger charge is -2.15. The van der Waals surface area contributed by atoms with Crippen LogP contribution in [0.4, 0.5) is 5.82 Å². The number of aliphatic carboxylic acids is 1. The van der Waals surface area contributed by atoms with Crippen molar-refractivity contribution in [2.75, 3.05) is 12.3 Å². The zero-order valence-electron chi connectivity index (χ0n) is 10.9. The van der Waals surface area contributed by atoms with E-state index in [0.717, 1.165) is 10.6 Å². The van der Waals surface area contributed by atoms with Crippen LogP contribution in [0, 0.1) is 0 Å². The van der Waals surface area contributed by atoms with Crippen molar-refractivity contribution in [1.29, 1.82) is 0 Å². The highest BCUT2D eigenvalue weighted by Gasteiger charge is 2.35. The lowest BCUT2D eigenvalue weighted by Crippen LogP contribution is -2.28. The minimum atomic E-state index is -1.17. The number of aromatic nitrogens is 2. The quantitative estimate of drug-likeness (QED) is 0.494. The minimum absolute atomic E-state index is 0.106. The molecular formula is C12H15N3O6. The highest BCUT2D eigenvalue weighted by Crippen LogP contribution is 2.27. The molecule has 5 N–H and O–H groups in total. The van der Waals surface area contributed by atoms with E-state index in [1.807, 2.05) is 0 Å². The molecule has 0 aromatic carbocycles. The van der Waals surface area contributed by atoms with Crippen LogP contribution in [0.15, 0.2) is 17.1 Å². The third-order valence-electron chi connectivity index (χ3n) is 3.11. The Morgan fingerprint density at radius 1 is 1.62 bits per heavy atom. The molecule has 1 aliphatic heterocycles. The van der Waals surface area contributed by atoms with Gasteiger partial charge in [-0.3, -0.25) is 4.57 Å². The van der Waals surface area contributed by atoms with E-state index in [9.17, 15) is 14.7 Å². The van der Waals surface area contributed by atoms with E-state index in [1.165, 1.54) is 12.3 Å². The zero-order valence-corrected chi connectivity index (χ0v) is 10.9. The average Bonchev–Trinajstić information content (AvgIpc) is 2.78. The summed E-state index contributed by atoms with van der Waals surface area (Å²) in [4.78, 5) is 25.9. The Bertz CT molecular complexity index is 626. The molecule has 1 aliphatic rings. The first-order chi connectivity index (χ1) is 9.92. The fraction of sp³-hybridized carbons (Fsp3) is 0.417. The standard InChI is InChI=1S/C12H15N3O6/c13-11-6(1-2-10(18)19)4-15(12(20)14-11)9-3-7(17)8(5-16)21-9/h1-2,4,7-9,16-17H,3,5H2,(H,18,19)(H2,13,14,20)/t7-,8+,9-/m1/s1. The summed E-state index contributed by atoms with van der Waals surface area (Å²) in [5.74, 6) is -1.27. The molecule has 0 bridgehead atoms. The normalized spacial score (nSPS) is 25.5. The SMILES string of the molecule is Nc1nc(=O)n([C@H]2C[C@@H](O)[C@H](CO)O2)cc1C=CC(=O)O. The van der Waals surface area contributed by atoms with Crippen molar-refractivity contribution >= 4 is 17.9 Å². The minimum Gasteiger partial charge on any atom is -0.478 e. The third-order valence-corrected chi connectivity index (χ3v) is 3.11. The first kappa shape index (κ1) is 15.2. The van der Waals surface area contributed by atoms with Crippen molar-refractivity contribution in [1.82, 2.24) is 9.55 Å². The smallest absolute Gasteiger partial charge is 0.351 e. The molecule has 0 spiro atoms. The van der Waals surface area contributed by atoms with Gasteiger partial charge in [0.25, 0.3) is 0 Å². The number of anilines is 1. The van der Waals surface area contributed by atoms with Crippen molar-refractivity contribution in [3.8, 4) is 0 Å². The number of hydrogen-bond donors (Lipinski definition) is 4. The summed E-state index contributed by atoms with van der Waals surface area (Å²) < 4.78 is 6.46. The maximum atomic E-state index is 11.8. The highest BCUT2D eigenvalue weighted by atomic mass is 16.5. The van der Waals surface area contributed by atoms with Crippen molar-refractivity contribution < 1.29 is 24.9 Å². The molecule has 1 fully saturated rings. The van der Waals surface area contributed by atoms with Gasteiger partial charge in [-0.15, -0.1) is 0 Å². The van der Waals surface area contributed by atoms with E-state index in [4.69, 9.17) is 20.7 Å². The topological polar surface area (TPSA) is 148 Å². The van der Waals surface area contributed by atoms with Crippen LogP contribution in [0.1, 0.15) is 18.2 Å². The van der Waals surface area contributed by atoms with Gasteiger partial charge in [0.15, 0.2) is 0 Å². The van der Waals surface area contributed by atoms with Crippen LogP contribution < -0.4 is 11.4 Å². The number of hydrogen-bond acceptors (Lipinski definition) is 7. The number of nitrogens with two attached hydrogens (primary N) is 1. The molecule has 0 aliphatic carbocycles. The van der Waals surface area contributed by atoms with Crippen molar-refractivity contribution in [2.45, 2.75) is 24.9 Å². The van der Waals surface area contributed by atoms with Gasteiger partial charge in [0.05, 0.1) is 12.7 Å². The number of ether oxygens (including phenoxy) is 1. The van der Waals surface area contributed by atoms with Crippen molar-refractivity contribution in [3.63, 3.8) is 0 Å². The maximum Gasteiger partial charge on any atom is 0.351 e. The van der Waals surface area contributed by atoms with Crippen LogP contribution in [0.25, 0.3) is 6.08 Å². The van der Waals surface area contributed by atoms with Gasteiger partial charge in [0, 0.05) is 24.3 Å². The molecule has 1 aromatic rings. The number of aliphatic hydroxyl groups excluding tert-OH is 2. The van der Waals surface area contributed by atoms with Crippen LogP contribution in [-0.2, 0) is 9.53 Å². The second kappa shape index (κ2) is 6.04. The maximum absolute atomic E-state index is 11.8. The van der Waals surface area contributed by atoms with E-state index in [1.54, 1.807) is 0 Å². The molecule has 0 radical (unpaired) electrons. The molecule has 2 rings (SSSR count). The number of rotatable bonds is 4. The summed E-state index contributed by atoms with van der Waals surface area (Å²) in [5, 5.41) is 27.3. The van der Waals surface area contributed by atoms with Gasteiger partial charge in [-0.2, -0.15) is 4.98 Å². The molecule has 0 amide bonds. The van der Waals surface area contributed by atoms with Gasteiger partial charge in [-0.25, -0.2) is 9.59 Å². The molecule has 0 unspecified atom stereocenters. The van der Waals surface area contributed by atoms with Gasteiger partial charge >= 0.3 is 11.7 Å². The lowest BCUT2D eigenvalue weighted by molar-refractivity contribution is -0.131. The number of aliphatic hydroxyl groups is 2. The Hall–Kier alpha value is -2.23. The Labute approximate surface area is 118 Å². The van der Waals surface area contributed by atoms with Crippen molar-refractivity contribution in [3.05, 3.63) is 28.3 Å². The largest absolute Gasteiger partial charge is 0.478 e. The van der Waals surface area contributed by atoms with Gasteiger partial charge in [0.2, 0.25) is 0 Å². The first-order valence-corrected chi connectivity index (χ1v) is 6.16. The lowest BCUT2D eigenvalue weighted by atomic mass is 10.2. The van der Waals surface area contributed by atoms with Crippen LogP contribution in [0.5, 0.6) is 0 Å². The molecule has 2 heterocycles. The Morgan fingerprint density at radius 3 is 2.90 bits per heavy atom. The van der Waals surface area contributed by atoms with Gasteiger partial charge in [-0.1, -0.05) is 0 Å². The van der Waals surface area contributed by atoms with Gasteiger partial charge in [-0.05, 0) is 6.08 Å². The fourth-order valence-electron chi connectivity index (χ4n) is 2.04. The summed E-state index contributed by atoms with van der Waals surface area (Å²) in [7, 11) is 0. The van der Waals surface area contributed by atoms with E-state index < -0.39 is 30.1 Å².